The molecule has 0 spiro atoms. The second kappa shape index (κ2) is 12.9. The van der Waals surface area contributed by atoms with Crippen molar-refractivity contribution in [2.45, 2.75) is 77.5 Å². The number of aryl methyl sites for hydroxylation is 3. The molecule has 2 aromatic carbocycles. The molecule has 1 aromatic heterocycles. The van der Waals surface area contributed by atoms with Gasteiger partial charge >= 0.3 is 0 Å². The quantitative estimate of drug-likeness (QED) is 0.304. The third-order valence-corrected chi connectivity index (χ3v) is 6.90. The normalized spacial score (nSPS) is 15.8. The standard InChI is InChI=1S/C29H37F2N5O/c1-3-5-27(34-24-11-10-22-14-23(30)15-26(31)25(22)16-24)29(37)35-28-18-36(19-33-28)13-4-12-32-17-21-8-6-20(2)7-9-21/h6-9,14-15,18-19,24,27,32,34H,3-5,10-13,16-17H2,1-2H3,(H,35,37)/t24?,27-/m0/s1. The molecule has 0 aliphatic heterocycles. The lowest BCUT2D eigenvalue weighted by atomic mass is 9.87. The van der Waals surface area contributed by atoms with Gasteiger partial charge in [-0.25, -0.2) is 13.8 Å². The number of carbonyl (C=O) groups is 1. The van der Waals surface area contributed by atoms with Gasteiger partial charge in [0.15, 0.2) is 5.82 Å². The van der Waals surface area contributed by atoms with Gasteiger partial charge in [0.1, 0.15) is 11.6 Å². The fraction of sp³-hybridized carbons (Fsp3) is 0.448. The van der Waals surface area contributed by atoms with Crippen molar-refractivity contribution in [3.8, 4) is 0 Å². The fourth-order valence-corrected chi connectivity index (χ4v) is 4.88. The first-order chi connectivity index (χ1) is 17.9. The zero-order valence-corrected chi connectivity index (χ0v) is 21.7. The number of rotatable bonds is 12. The molecule has 6 nitrogen and oxygen atoms in total. The van der Waals surface area contributed by atoms with Gasteiger partial charge in [-0.3, -0.25) is 4.79 Å². The average molecular weight is 510 g/mol. The number of hydrogen-bond acceptors (Lipinski definition) is 4. The number of halogens is 2. The SMILES string of the molecule is CCC[C@H](NC1CCc2cc(F)cc(F)c2C1)C(=O)Nc1cn(CCCNCc2ccc(C)cc2)cn1. The summed E-state index contributed by atoms with van der Waals surface area (Å²) in [4.78, 5) is 17.4. The summed E-state index contributed by atoms with van der Waals surface area (Å²) in [6.45, 7) is 6.64. The van der Waals surface area contributed by atoms with Crippen LogP contribution in [0.25, 0.3) is 0 Å². The van der Waals surface area contributed by atoms with Crippen molar-refractivity contribution < 1.29 is 13.6 Å². The van der Waals surface area contributed by atoms with E-state index in [1.165, 1.54) is 17.2 Å². The molecule has 0 bridgehead atoms. The Bertz CT molecular complexity index is 1180. The Morgan fingerprint density at radius 3 is 2.81 bits per heavy atom. The van der Waals surface area contributed by atoms with E-state index in [4.69, 9.17) is 0 Å². The number of nitrogens with one attached hydrogen (secondary N) is 3. The molecule has 0 fully saturated rings. The number of hydrogen-bond donors (Lipinski definition) is 3. The number of fused-ring (bicyclic) bond motifs is 1. The minimum atomic E-state index is -0.538. The maximum Gasteiger partial charge on any atom is 0.242 e. The molecule has 1 aliphatic rings. The van der Waals surface area contributed by atoms with Crippen molar-refractivity contribution >= 4 is 11.7 Å². The lowest BCUT2D eigenvalue weighted by Gasteiger charge is -2.29. The molecule has 0 saturated carbocycles. The summed E-state index contributed by atoms with van der Waals surface area (Å²) < 4.78 is 29.8. The van der Waals surface area contributed by atoms with E-state index in [0.29, 0.717) is 30.6 Å². The van der Waals surface area contributed by atoms with Crippen LogP contribution in [0, 0.1) is 18.6 Å². The van der Waals surface area contributed by atoms with Crippen LogP contribution < -0.4 is 16.0 Å². The molecule has 3 N–H and O–H groups in total. The van der Waals surface area contributed by atoms with Gasteiger partial charge < -0.3 is 20.5 Å². The number of benzene rings is 2. The minimum Gasteiger partial charge on any atom is -0.335 e. The second-order valence-electron chi connectivity index (χ2n) is 9.97. The number of carbonyl (C=O) groups excluding carboxylic acids is 1. The fourth-order valence-electron chi connectivity index (χ4n) is 4.88. The van der Waals surface area contributed by atoms with Crippen LogP contribution in [0.15, 0.2) is 48.9 Å². The van der Waals surface area contributed by atoms with Gasteiger partial charge in [-0.1, -0.05) is 43.2 Å². The molecule has 1 aliphatic carbocycles. The summed E-state index contributed by atoms with van der Waals surface area (Å²) in [5.41, 5.74) is 3.80. The van der Waals surface area contributed by atoms with Gasteiger partial charge in [-0.05, 0) is 68.3 Å². The molecular formula is C29H37F2N5O. The molecule has 1 unspecified atom stereocenters. The highest BCUT2D eigenvalue weighted by Crippen LogP contribution is 2.26. The van der Waals surface area contributed by atoms with Crippen LogP contribution in [0.5, 0.6) is 0 Å². The molecule has 0 saturated heterocycles. The van der Waals surface area contributed by atoms with Crippen molar-refractivity contribution in [3.63, 3.8) is 0 Å². The highest BCUT2D eigenvalue weighted by atomic mass is 19.1. The first-order valence-electron chi connectivity index (χ1n) is 13.2. The maximum absolute atomic E-state index is 14.3. The molecule has 1 heterocycles. The highest BCUT2D eigenvalue weighted by Gasteiger charge is 2.27. The minimum absolute atomic E-state index is 0.0419. The lowest BCUT2D eigenvalue weighted by Crippen LogP contribution is -2.48. The van der Waals surface area contributed by atoms with E-state index in [1.54, 1.807) is 6.33 Å². The number of nitrogens with zero attached hydrogens (tertiary/aromatic N) is 2. The molecule has 3 aromatic rings. The Balaban J connectivity index is 1.23. The van der Waals surface area contributed by atoms with E-state index in [0.717, 1.165) is 50.5 Å². The molecule has 2 atom stereocenters. The summed E-state index contributed by atoms with van der Waals surface area (Å²) in [5.74, 6) is -0.661. The van der Waals surface area contributed by atoms with Crippen molar-refractivity contribution in [3.05, 3.63) is 82.8 Å². The predicted molar refractivity (Wildman–Crippen MR) is 142 cm³/mol. The number of anilines is 1. The van der Waals surface area contributed by atoms with Crippen molar-refractivity contribution in [2.75, 3.05) is 11.9 Å². The summed E-state index contributed by atoms with van der Waals surface area (Å²) in [6.07, 6.45) is 7.79. The van der Waals surface area contributed by atoms with Crippen LogP contribution in [-0.4, -0.2) is 34.1 Å². The number of imidazole rings is 1. The topological polar surface area (TPSA) is 71.0 Å². The van der Waals surface area contributed by atoms with Gasteiger partial charge in [0.05, 0.1) is 12.4 Å². The van der Waals surface area contributed by atoms with Gasteiger partial charge in [0.25, 0.3) is 0 Å². The molecular weight excluding hydrogens is 472 g/mol. The van der Waals surface area contributed by atoms with Crippen molar-refractivity contribution in [2.24, 2.45) is 0 Å². The molecule has 4 rings (SSSR count). The number of amides is 1. The summed E-state index contributed by atoms with van der Waals surface area (Å²) >= 11 is 0. The zero-order chi connectivity index (χ0) is 26.2. The van der Waals surface area contributed by atoms with E-state index >= 15 is 0 Å². The van der Waals surface area contributed by atoms with E-state index in [1.807, 2.05) is 17.7 Å². The molecule has 8 heteroatoms. The van der Waals surface area contributed by atoms with Gasteiger partial charge in [-0.15, -0.1) is 0 Å². The Morgan fingerprint density at radius 2 is 2.03 bits per heavy atom. The zero-order valence-electron chi connectivity index (χ0n) is 21.7. The average Bonchev–Trinajstić information content (AvgIpc) is 3.32. The van der Waals surface area contributed by atoms with Gasteiger partial charge in [0, 0.05) is 31.4 Å². The Kier molecular flexibility index (Phi) is 9.41. The Hall–Kier alpha value is -3.10. The van der Waals surface area contributed by atoms with E-state index in [2.05, 4.69) is 52.1 Å². The Labute approximate surface area is 217 Å². The predicted octanol–water partition coefficient (Wildman–Crippen LogP) is 4.90. The third kappa shape index (κ3) is 7.69. The summed E-state index contributed by atoms with van der Waals surface area (Å²) in [6, 6.07) is 10.4. The third-order valence-electron chi connectivity index (χ3n) is 6.90. The molecule has 0 radical (unpaired) electrons. The van der Waals surface area contributed by atoms with Crippen molar-refractivity contribution in [1.82, 2.24) is 20.2 Å². The summed E-state index contributed by atoms with van der Waals surface area (Å²) in [7, 11) is 0. The van der Waals surface area contributed by atoms with E-state index in [-0.39, 0.29) is 11.9 Å². The van der Waals surface area contributed by atoms with Gasteiger partial charge in [0.2, 0.25) is 5.91 Å². The van der Waals surface area contributed by atoms with Gasteiger partial charge in [-0.2, -0.15) is 0 Å². The smallest absolute Gasteiger partial charge is 0.242 e. The number of aromatic nitrogens is 2. The molecule has 198 valence electrons. The van der Waals surface area contributed by atoms with Crippen LogP contribution in [0.4, 0.5) is 14.6 Å². The van der Waals surface area contributed by atoms with E-state index in [9.17, 15) is 13.6 Å². The first-order valence-corrected chi connectivity index (χ1v) is 13.2. The van der Waals surface area contributed by atoms with Crippen LogP contribution in [-0.2, 0) is 30.7 Å². The lowest BCUT2D eigenvalue weighted by molar-refractivity contribution is -0.118. The van der Waals surface area contributed by atoms with Crippen molar-refractivity contribution in [1.29, 1.82) is 0 Å². The monoisotopic (exact) mass is 509 g/mol. The first kappa shape index (κ1) is 26.9. The van der Waals surface area contributed by atoms with Crippen LogP contribution >= 0.6 is 0 Å². The molecule has 1 amide bonds. The van der Waals surface area contributed by atoms with Crippen LogP contribution in [0.3, 0.4) is 0 Å². The maximum atomic E-state index is 14.3. The highest BCUT2D eigenvalue weighted by molar-refractivity contribution is 5.94. The second-order valence-corrected chi connectivity index (χ2v) is 9.97. The molecule has 37 heavy (non-hydrogen) atoms. The van der Waals surface area contributed by atoms with Crippen LogP contribution in [0.2, 0.25) is 0 Å². The van der Waals surface area contributed by atoms with E-state index < -0.39 is 17.7 Å². The summed E-state index contributed by atoms with van der Waals surface area (Å²) in [5, 5.41) is 9.80. The Morgan fingerprint density at radius 1 is 1.22 bits per heavy atom. The largest absolute Gasteiger partial charge is 0.335 e. The van der Waals surface area contributed by atoms with Crippen LogP contribution in [0.1, 0.15) is 54.9 Å².